The molecule has 1 aliphatic carbocycles. The second-order valence-electron chi connectivity index (χ2n) is 5.91. The number of hydrogen-bond donors (Lipinski definition) is 1. The van der Waals surface area contributed by atoms with Crippen LogP contribution < -0.4 is 5.73 Å². The van der Waals surface area contributed by atoms with E-state index in [1.807, 2.05) is 11.0 Å². The van der Waals surface area contributed by atoms with Crippen LogP contribution in [0.25, 0.3) is 0 Å². The number of halogens is 1. The van der Waals surface area contributed by atoms with E-state index in [1.54, 1.807) is 12.1 Å². The van der Waals surface area contributed by atoms with Crippen molar-refractivity contribution in [3.05, 3.63) is 35.6 Å². The first kappa shape index (κ1) is 13.6. The van der Waals surface area contributed by atoms with Gasteiger partial charge in [0.25, 0.3) is 0 Å². The van der Waals surface area contributed by atoms with Crippen LogP contribution in [0.3, 0.4) is 0 Å². The maximum absolute atomic E-state index is 14.1. The molecule has 2 fully saturated rings. The zero-order valence-electron chi connectivity index (χ0n) is 11.6. The Morgan fingerprint density at radius 2 is 1.85 bits per heavy atom. The molecule has 2 N–H and O–H groups in total. The summed E-state index contributed by atoms with van der Waals surface area (Å²) in [7, 11) is 0. The number of nitrogens with zero attached hydrogens (tertiary/aromatic N) is 1. The molecule has 1 aliphatic heterocycles. The minimum absolute atomic E-state index is 0.131. The molecule has 108 valence electrons. The Morgan fingerprint density at radius 3 is 2.55 bits per heavy atom. The van der Waals surface area contributed by atoms with E-state index in [2.05, 4.69) is 0 Å². The highest BCUT2D eigenvalue weighted by molar-refractivity contribution is 5.78. The van der Waals surface area contributed by atoms with Gasteiger partial charge >= 0.3 is 0 Å². The number of piperidine rings is 1. The van der Waals surface area contributed by atoms with Gasteiger partial charge in [-0.15, -0.1) is 0 Å². The van der Waals surface area contributed by atoms with Gasteiger partial charge in [-0.2, -0.15) is 0 Å². The number of amides is 1. The molecule has 1 saturated heterocycles. The maximum atomic E-state index is 14.1. The summed E-state index contributed by atoms with van der Waals surface area (Å²) in [5, 5.41) is 0. The van der Waals surface area contributed by atoms with Crippen molar-refractivity contribution in [3.8, 4) is 0 Å². The largest absolute Gasteiger partial charge is 0.331 e. The third-order valence-corrected chi connectivity index (χ3v) is 4.63. The molecule has 1 saturated carbocycles. The highest BCUT2D eigenvalue weighted by Crippen LogP contribution is 2.38. The van der Waals surface area contributed by atoms with Crippen molar-refractivity contribution in [1.29, 1.82) is 0 Å². The highest BCUT2D eigenvalue weighted by atomic mass is 19.1. The van der Waals surface area contributed by atoms with Crippen molar-refractivity contribution in [3.63, 3.8) is 0 Å². The number of rotatable bonds is 2. The van der Waals surface area contributed by atoms with Crippen molar-refractivity contribution in [2.75, 3.05) is 0 Å². The Balaban J connectivity index is 1.98. The van der Waals surface area contributed by atoms with E-state index < -0.39 is 0 Å². The van der Waals surface area contributed by atoms with Crippen LogP contribution in [0.5, 0.6) is 0 Å². The molecule has 0 spiro atoms. The standard InChI is InChI=1S/C16H21FN2O/c17-13-8-4-3-7-12(13)16-14(18)9-10-15(20)19(16)11-5-1-2-6-11/h3-4,7-8,11,14,16H,1-2,5-6,9-10,18H2. The molecule has 0 aromatic heterocycles. The summed E-state index contributed by atoms with van der Waals surface area (Å²) in [5.74, 6) is -0.127. The van der Waals surface area contributed by atoms with E-state index in [4.69, 9.17) is 5.73 Å². The summed E-state index contributed by atoms with van der Waals surface area (Å²) in [6.07, 6.45) is 5.46. The Bertz CT molecular complexity index is 499. The number of likely N-dealkylation sites (tertiary alicyclic amines) is 1. The molecule has 3 rings (SSSR count). The zero-order valence-corrected chi connectivity index (χ0v) is 11.6. The van der Waals surface area contributed by atoms with Crippen LogP contribution in [0.4, 0.5) is 4.39 Å². The number of benzene rings is 1. The Morgan fingerprint density at radius 1 is 1.15 bits per heavy atom. The number of carbonyl (C=O) groups excluding carboxylic acids is 1. The Kier molecular flexibility index (Phi) is 3.74. The first-order chi connectivity index (χ1) is 9.68. The zero-order chi connectivity index (χ0) is 14.1. The van der Waals surface area contributed by atoms with Gasteiger partial charge < -0.3 is 10.6 Å². The lowest BCUT2D eigenvalue weighted by atomic mass is 9.88. The molecule has 2 atom stereocenters. The van der Waals surface area contributed by atoms with E-state index in [9.17, 15) is 9.18 Å². The first-order valence-electron chi connectivity index (χ1n) is 7.49. The van der Waals surface area contributed by atoms with Crippen LogP contribution in [-0.4, -0.2) is 22.9 Å². The van der Waals surface area contributed by atoms with Crippen LogP contribution >= 0.6 is 0 Å². The minimum atomic E-state index is -0.305. The third-order valence-electron chi connectivity index (χ3n) is 4.63. The van der Waals surface area contributed by atoms with Crippen molar-refractivity contribution in [1.82, 2.24) is 4.90 Å². The van der Waals surface area contributed by atoms with Crippen LogP contribution in [0.2, 0.25) is 0 Å². The fourth-order valence-corrected chi connectivity index (χ4v) is 3.65. The van der Waals surface area contributed by atoms with Gasteiger partial charge in [-0.05, 0) is 25.3 Å². The van der Waals surface area contributed by atoms with Gasteiger partial charge in [0.05, 0.1) is 6.04 Å². The molecule has 1 aromatic carbocycles. The SMILES string of the molecule is NC1CCC(=O)N(C2CCCC2)C1c1ccccc1F. The lowest BCUT2D eigenvalue weighted by Gasteiger charge is -2.43. The normalized spacial score (nSPS) is 28.1. The van der Waals surface area contributed by atoms with Gasteiger partial charge in [-0.3, -0.25) is 4.79 Å². The maximum Gasteiger partial charge on any atom is 0.223 e. The van der Waals surface area contributed by atoms with Gasteiger partial charge in [-0.1, -0.05) is 31.0 Å². The molecule has 2 aliphatic rings. The van der Waals surface area contributed by atoms with Gasteiger partial charge in [0, 0.05) is 24.1 Å². The molecule has 1 amide bonds. The molecular formula is C16H21FN2O. The quantitative estimate of drug-likeness (QED) is 0.902. The molecule has 0 radical (unpaired) electrons. The van der Waals surface area contributed by atoms with E-state index in [0.717, 1.165) is 25.7 Å². The average Bonchev–Trinajstić information content (AvgIpc) is 2.96. The van der Waals surface area contributed by atoms with Crippen LogP contribution in [0, 0.1) is 5.82 Å². The molecule has 1 aromatic rings. The summed E-state index contributed by atoms with van der Waals surface area (Å²) in [5.41, 5.74) is 6.81. The fourth-order valence-electron chi connectivity index (χ4n) is 3.65. The number of hydrogen-bond acceptors (Lipinski definition) is 2. The molecular weight excluding hydrogens is 255 g/mol. The average molecular weight is 276 g/mol. The fraction of sp³-hybridized carbons (Fsp3) is 0.562. The third kappa shape index (κ3) is 2.33. The molecule has 4 heteroatoms. The van der Waals surface area contributed by atoms with E-state index in [1.165, 1.54) is 6.07 Å². The summed E-state index contributed by atoms with van der Waals surface area (Å²) >= 11 is 0. The lowest BCUT2D eigenvalue weighted by Crippen LogP contribution is -2.52. The summed E-state index contributed by atoms with van der Waals surface area (Å²) in [6.45, 7) is 0. The van der Waals surface area contributed by atoms with Crippen LogP contribution in [0.15, 0.2) is 24.3 Å². The molecule has 0 bridgehead atoms. The minimum Gasteiger partial charge on any atom is -0.331 e. The Labute approximate surface area is 118 Å². The molecule has 1 heterocycles. The van der Waals surface area contributed by atoms with Gasteiger partial charge in [0.1, 0.15) is 5.82 Å². The number of carbonyl (C=O) groups is 1. The van der Waals surface area contributed by atoms with Gasteiger partial charge in [0.2, 0.25) is 5.91 Å². The highest BCUT2D eigenvalue weighted by Gasteiger charge is 2.40. The van der Waals surface area contributed by atoms with E-state index >= 15 is 0 Å². The first-order valence-corrected chi connectivity index (χ1v) is 7.49. The summed E-state index contributed by atoms with van der Waals surface area (Å²) in [6, 6.07) is 6.46. The number of nitrogens with two attached hydrogens (primary N) is 1. The second-order valence-corrected chi connectivity index (χ2v) is 5.91. The predicted octanol–water partition coefficient (Wildman–Crippen LogP) is 2.76. The van der Waals surface area contributed by atoms with Crippen LogP contribution in [0.1, 0.15) is 50.1 Å². The van der Waals surface area contributed by atoms with E-state index in [0.29, 0.717) is 18.4 Å². The predicted molar refractivity (Wildman–Crippen MR) is 75.5 cm³/mol. The van der Waals surface area contributed by atoms with Crippen molar-refractivity contribution in [2.45, 2.75) is 56.7 Å². The monoisotopic (exact) mass is 276 g/mol. The topological polar surface area (TPSA) is 46.3 Å². The summed E-state index contributed by atoms with van der Waals surface area (Å²) < 4.78 is 14.1. The molecule has 2 unspecified atom stereocenters. The molecule has 3 nitrogen and oxygen atoms in total. The smallest absolute Gasteiger partial charge is 0.223 e. The van der Waals surface area contributed by atoms with Crippen molar-refractivity contribution in [2.24, 2.45) is 5.73 Å². The van der Waals surface area contributed by atoms with Gasteiger partial charge in [-0.25, -0.2) is 4.39 Å². The lowest BCUT2D eigenvalue weighted by molar-refractivity contribution is -0.140. The Hall–Kier alpha value is -1.42. The summed E-state index contributed by atoms with van der Waals surface area (Å²) in [4.78, 5) is 14.3. The van der Waals surface area contributed by atoms with Crippen molar-refractivity contribution < 1.29 is 9.18 Å². The van der Waals surface area contributed by atoms with Crippen LogP contribution in [-0.2, 0) is 4.79 Å². The van der Waals surface area contributed by atoms with E-state index in [-0.39, 0.29) is 29.8 Å². The second kappa shape index (κ2) is 5.52. The van der Waals surface area contributed by atoms with Crippen molar-refractivity contribution >= 4 is 5.91 Å². The van der Waals surface area contributed by atoms with Gasteiger partial charge in [0.15, 0.2) is 0 Å². The molecule has 20 heavy (non-hydrogen) atoms.